The first-order chi connectivity index (χ1) is 8.80. The van der Waals surface area contributed by atoms with E-state index in [9.17, 15) is 18.0 Å². The Kier molecular flexibility index (Phi) is 5.87. The summed E-state index contributed by atoms with van der Waals surface area (Å²) in [6.45, 7) is 1.44. The number of rotatable bonds is 4. The number of hydrogen-bond donors (Lipinski definition) is 0. The minimum atomic E-state index is -4.47. The average Bonchev–Trinajstić information content (AvgIpc) is 2.26. The normalized spacial score (nSPS) is 12.1. The molecule has 104 valence electrons. The van der Waals surface area contributed by atoms with Gasteiger partial charge in [-0.2, -0.15) is 13.2 Å². The van der Waals surface area contributed by atoms with Crippen molar-refractivity contribution in [2.24, 2.45) is 0 Å². The molecule has 1 heterocycles. The average molecular weight is 310 g/mol. The number of nitrogens with zero attached hydrogens (tertiary/aromatic N) is 1. The zero-order chi connectivity index (χ0) is 14.5. The number of allylic oxidation sites excluding steroid dienone is 1. The van der Waals surface area contributed by atoms with E-state index in [2.05, 4.69) is 4.98 Å². The summed E-state index contributed by atoms with van der Waals surface area (Å²) in [5.74, 6) is 0.534. The lowest BCUT2D eigenvalue weighted by Crippen LogP contribution is -2.08. The topological polar surface area (TPSA) is 30.0 Å². The third-order valence-corrected chi connectivity index (χ3v) is 3.15. The first-order valence-electron chi connectivity index (χ1n) is 5.33. The van der Waals surface area contributed by atoms with Crippen molar-refractivity contribution in [3.05, 3.63) is 34.6 Å². The molecule has 7 heteroatoms. The molecular weight excluding hydrogens is 299 g/mol. The third-order valence-electron chi connectivity index (χ3n) is 2.10. The van der Waals surface area contributed by atoms with Crippen molar-refractivity contribution < 1.29 is 18.0 Å². The standard InChI is InChI=1S/C12H11ClF3NOS/c1-8(18)19-5-3-2-4-9-6-11(13)17-7-10(9)12(14,15)16/h2,4,6-7H,3,5H2,1H3. The molecule has 0 unspecified atom stereocenters. The summed E-state index contributed by atoms with van der Waals surface area (Å²) >= 11 is 6.72. The number of carbonyl (C=O) groups is 1. The summed E-state index contributed by atoms with van der Waals surface area (Å²) in [6, 6.07) is 1.17. The highest BCUT2D eigenvalue weighted by Gasteiger charge is 2.33. The van der Waals surface area contributed by atoms with Gasteiger partial charge in [0.25, 0.3) is 0 Å². The van der Waals surface area contributed by atoms with Gasteiger partial charge in [-0.3, -0.25) is 4.79 Å². The molecule has 0 saturated carbocycles. The molecule has 0 bridgehead atoms. The Hall–Kier alpha value is -1.01. The number of aromatic nitrogens is 1. The van der Waals surface area contributed by atoms with Gasteiger partial charge in [-0.1, -0.05) is 35.5 Å². The highest BCUT2D eigenvalue weighted by Crippen LogP contribution is 2.33. The quantitative estimate of drug-likeness (QED) is 0.608. The van der Waals surface area contributed by atoms with E-state index < -0.39 is 11.7 Å². The summed E-state index contributed by atoms with van der Waals surface area (Å²) < 4.78 is 38.1. The van der Waals surface area contributed by atoms with Gasteiger partial charge in [-0.05, 0) is 18.1 Å². The smallest absolute Gasteiger partial charge is 0.288 e. The van der Waals surface area contributed by atoms with Gasteiger partial charge in [0.2, 0.25) is 0 Å². The second-order valence-corrected chi connectivity index (χ2v) is 5.28. The van der Waals surface area contributed by atoms with Crippen LogP contribution in [-0.4, -0.2) is 15.9 Å². The molecule has 0 atom stereocenters. The van der Waals surface area contributed by atoms with Crippen molar-refractivity contribution >= 4 is 34.6 Å². The number of thioether (sulfide) groups is 1. The maximum Gasteiger partial charge on any atom is 0.418 e. The van der Waals surface area contributed by atoms with Crippen LogP contribution in [0.15, 0.2) is 18.3 Å². The van der Waals surface area contributed by atoms with Crippen molar-refractivity contribution in [2.45, 2.75) is 19.5 Å². The van der Waals surface area contributed by atoms with E-state index in [-0.39, 0.29) is 15.8 Å². The molecular formula is C12H11ClF3NOS. The van der Waals surface area contributed by atoms with Gasteiger partial charge in [0, 0.05) is 18.9 Å². The van der Waals surface area contributed by atoms with Crippen molar-refractivity contribution in [1.82, 2.24) is 4.98 Å². The number of alkyl halides is 3. The summed E-state index contributed by atoms with van der Waals surface area (Å²) in [5, 5.41) is -0.0119. The van der Waals surface area contributed by atoms with Crippen LogP contribution in [0.2, 0.25) is 5.15 Å². The summed E-state index contributed by atoms with van der Waals surface area (Å²) in [5.41, 5.74) is -0.854. The molecule has 0 aliphatic heterocycles. The van der Waals surface area contributed by atoms with E-state index in [1.165, 1.54) is 19.1 Å². The van der Waals surface area contributed by atoms with Gasteiger partial charge in [0.15, 0.2) is 5.12 Å². The van der Waals surface area contributed by atoms with Crippen LogP contribution < -0.4 is 0 Å². The first-order valence-corrected chi connectivity index (χ1v) is 6.69. The molecule has 2 nitrogen and oxygen atoms in total. The van der Waals surface area contributed by atoms with E-state index in [0.29, 0.717) is 18.4 Å². The van der Waals surface area contributed by atoms with Gasteiger partial charge in [-0.25, -0.2) is 4.98 Å². The van der Waals surface area contributed by atoms with E-state index in [1.807, 2.05) is 0 Å². The molecule has 0 amide bonds. The zero-order valence-corrected chi connectivity index (χ0v) is 11.6. The maximum atomic E-state index is 12.7. The fourth-order valence-electron chi connectivity index (χ4n) is 1.30. The SMILES string of the molecule is CC(=O)SCCC=Cc1cc(Cl)ncc1C(F)(F)F. The Morgan fingerprint density at radius 1 is 1.53 bits per heavy atom. The number of halogens is 4. The Labute approximate surface area is 118 Å². The van der Waals surface area contributed by atoms with Crippen LogP contribution in [0.25, 0.3) is 6.08 Å². The van der Waals surface area contributed by atoms with Crippen LogP contribution in [0.4, 0.5) is 13.2 Å². The minimum absolute atomic E-state index is 0.00533. The molecule has 0 radical (unpaired) electrons. The Balaban J connectivity index is 2.79. The number of pyridine rings is 1. The van der Waals surface area contributed by atoms with Crippen LogP contribution in [0, 0.1) is 0 Å². The molecule has 1 rings (SSSR count). The third kappa shape index (κ3) is 5.65. The maximum absolute atomic E-state index is 12.7. The summed E-state index contributed by atoms with van der Waals surface area (Å²) in [6.07, 6.45) is -0.326. The van der Waals surface area contributed by atoms with E-state index in [1.54, 1.807) is 6.08 Å². The molecule has 1 aromatic rings. The van der Waals surface area contributed by atoms with E-state index >= 15 is 0 Å². The van der Waals surface area contributed by atoms with Crippen molar-refractivity contribution in [3.63, 3.8) is 0 Å². The molecule has 0 fully saturated rings. The van der Waals surface area contributed by atoms with Gasteiger partial charge in [0.05, 0.1) is 5.56 Å². The summed E-state index contributed by atoms with van der Waals surface area (Å²) in [7, 11) is 0. The highest BCUT2D eigenvalue weighted by atomic mass is 35.5. The fraction of sp³-hybridized carbons (Fsp3) is 0.333. The largest absolute Gasteiger partial charge is 0.418 e. The van der Waals surface area contributed by atoms with E-state index in [4.69, 9.17) is 11.6 Å². The van der Waals surface area contributed by atoms with Crippen molar-refractivity contribution in [2.75, 3.05) is 5.75 Å². The van der Waals surface area contributed by atoms with Crippen LogP contribution in [-0.2, 0) is 11.0 Å². The van der Waals surface area contributed by atoms with Gasteiger partial charge < -0.3 is 0 Å². The van der Waals surface area contributed by atoms with Crippen LogP contribution >= 0.6 is 23.4 Å². The van der Waals surface area contributed by atoms with E-state index in [0.717, 1.165) is 11.8 Å². The Morgan fingerprint density at radius 3 is 2.79 bits per heavy atom. The van der Waals surface area contributed by atoms with Crippen LogP contribution in [0.3, 0.4) is 0 Å². The predicted molar refractivity (Wildman–Crippen MR) is 71.0 cm³/mol. The van der Waals surface area contributed by atoms with Crippen molar-refractivity contribution in [3.8, 4) is 0 Å². The second kappa shape index (κ2) is 6.96. The first kappa shape index (κ1) is 16.0. The number of hydrogen-bond acceptors (Lipinski definition) is 3. The Bertz CT molecular complexity index is 488. The lowest BCUT2D eigenvalue weighted by atomic mass is 10.1. The second-order valence-electron chi connectivity index (χ2n) is 3.62. The van der Waals surface area contributed by atoms with Gasteiger partial charge >= 0.3 is 6.18 Å². The molecule has 1 aromatic heterocycles. The lowest BCUT2D eigenvalue weighted by molar-refractivity contribution is -0.138. The zero-order valence-electron chi connectivity index (χ0n) is 10.00. The summed E-state index contributed by atoms with van der Waals surface area (Å²) in [4.78, 5) is 14.1. The molecule has 0 N–H and O–H groups in total. The lowest BCUT2D eigenvalue weighted by Gasteiger charge is -2.09. The highest BCUT2D eigenvalue weighted by molar-refractivity contribution is 8.13. The molecule has 0 aliphatic rings. The van der Waals surface area contributed by atoms with Gasteiger partial charge in [0.1, 0.15) is 5.15 Å². The molecule has 0 spiro atoms. The van der Waals surface area contributed by atoms with Crippen molar-refractivity contribution in [1.29, 1.82) is 0 Å². The molecule has 0 aromatic carbocycles. The fourth-order valence-corrected chi connectivity index (χ4v) is 2.01. The molecule has 19 heavy (non-hydrogen) atoms. The van der Waals surface area contributed by atoms with Gasteiger partial charge in [-0.15, -0.1) is 0 Å². The minimum Gasteiger partial charge on any atom is -0.288 e. The molecule has 0 aliphatic carbocycles. The molecule has 0 saturated heterocycles. The van der Waals surface area contributed by atoms with Crippen LogP contribution in [0.1, 0.15) is 24.5 Å². The number of carbonyl (C=O) groups excluding carboxylic acids is 1. The Morgan fingerprint density at radius 2 is 2.21 bits per heavy atom. The monoisotopic (exact) mass is 309 g/mol. The van der Waals surface area contributed by atoms with Crippen LogP contribution in [0.5, 0.6) is 0 Å². The predicted octanol–water partition coefficient (Wildman–Crippen LogP) is 4.44.